The summed E-state index contributed by atoms with van der Waals surface area (Å²) in [6, 6.07) is 13.8. The lowest BCUT2D eigenvalue weighted by atomic mass is 10.1. The molecular formula is C18H14O6S. The molecule has 0 amide bonds. The fraction of sp³-hybridized carbons (Fsp3) is 0.111. The maximum absolute atomic E-state index is 12.2. The fourth-order valence-electron chi connectivity index (χ4n) is 2.31. The third-order valence-corrected chi connectivity index (χ3v) is 4.28. The van der Waals surface area contributed by atoms with Crippen LogP contribution < -0.4 is 10.4 Å². The molecule has 1 heterocycles. The van der Waals surface area contributed by atoms with Gasteiger partial charge in [0.15, 0.2) is 9.84 Å². The zero-order chi connectivity index (χ0) is 18.0. The van der Waals surface area contributed by atoms with E-state index in [4.69, 9.17) is 9.15 Å². The van der Waals surface area contributed by atoms with Crippen molar-refractivity contribution in [3.05, 3.63) is 76.1 Å². The molecule has 0 atom stereocenters. The number of carbonyl (C=O) groups is 1. The summed E-state index contributed by atoms with van der Waals surface area (Å²) in [5, 5.41) is 0.713. The van der Waals surface area contributed by atoms with Gasteiger partial charge >= 0.3 is 11.6 Å². The Labute approximate surface area is 143 Å². The predicted molar refractivity (Wildman–Crippen MR) is 92.4 cm³/mol. The van der Waals surface area contributed by atoms with Crippen molar-refractivity contribution in [2.24, 2.45) is 0 Å². The van der Waals surface area contributed by atoms with Gasteiger partial charge in [0, 0.05) is 23.8 Å². The van der Waals surface area contributed by atoms with Crippen molar-refractivity contribution >= 4 is 26.8 Å². The Morgan fingerprint density at radius 3 is 2.40 bits per heavy atom. The second-order valence-electron chi connectivity index (χ2n) is 5.61. The largest absolute Gasteiger partial charge is 0.423 e. The van der Waals surface area contributed by atoms with E-state index in [0.29, 0.717) is 16.5 Å². The van der Waals surface area contributed by atoms with E-state index in [1.807, 2.05) is 0 Å². The van der Waals surface area contributed by atoms with E-state index in [2.05, 4.69) is 0 Å². The van der Waals surface area contributed by atoms with E-state index >= 15 is 0 Å². The molecule has 6 nitrogen and oxygen atoms in total. The number of esters is 1. The zero-order valence-corrected chi connectivity index (χ0v) is 14.1. The van der Waals surface area contributed by atoms with Crippen LogP contribution in [0.15, 0.2) is 63.8 Å². The number of rotatable bonds is 4. The molecule has 0 spiro atoms. The van der Waals surface area contributed by atoms with Crippen LogP contribution in [0.1, 0.15) is 15.9 Å². The van der Waals surface area contributed by atoms with Crippen LogP contribution in [0, 0.1) is 0 Å². The first-order valence-electron chi connectivity index (χ1n) is 7.33. The first kappa shape index (κ1) is 16.9. The van der Waals surface area contributed by atoms with Crippen LogP contribution in [-0.2, 0) is 15.6 Å². The molecule has 3 rings (SSSR count). The van der Waals surface area contributed by atoms with Crippen LogP contribution in [0.3, 0.4) is 0 Å². The third-order valence-electron chi connectivity index (χ3n) is 3.42. The maximum Gasteiger partial charge on any atom is 0.343 e. The molecule has 0 fully saturated rings. The topological polar surface area (TPSA) is 90.6 Å². The molecule has 1 aromatic heterocycles. The highest BCUT2D eigenvalue weighted by atomic mass is 32.2. The SMILES string of the molecule is CS(=O)(=O)Cc1ccc(C(=O)Oc2ccc3ccc(=O)oc3c2)cc1. The van der Waals surface area contributed by atoms with Crippen molar-refractivity contribution in [3.63, 3.8) is 0 Å². The fourth-order valence-corrected chi connectivity index (χ4v) is 3.11. The molecule has 0 bridgehead atoms. The van der Waals surface area contributed by atoms with Crippen LogP contribution in [0.25, 0.3) is 11.0 Å². The quantitative estimate of drug-likeness (QED) is 0.404. The molecule has 2 aromatic carbocycles. The molecule has 0 saturated carbocycles. The van der Waals surface area contributed by atoms with Crippen molar-refractivity contribution in [1.29, 1.82) is 0 Å². The molecule has 128 valence electrons. The molecule has 25 heavy (non-hydrogen) atoms. The van der Waals surface area contributed by atoms with E-state index in [1.165, 1.54) is 24.3 Å². The summed E-state index contributed by atoms with van der Waals surface area (Å²) < 4.78 is 32.9. The highest BCUT2D eigenvalue weighted by Gasteiger charge is 2.11. The van der Waals surface area contributed by atoms with E-state index in [9.17, 15) is 18.0 Å². The van der Waals surface area contributed by atoms with Gasteiger partial charge < -0.3 is 9.15 Å². The molecule has 0 aliphatic rings. The Hall–Kier alpha value is -2.93. The van der Waals surface area contributed by atoms with Crippen LogP contribution in [0.4, 0.5) is 0 Å². The summed E-state index contributed by atoms with van der Waals surface area (Å²) in [6.45, 7) is 0. The molecule has 0 radical (unpaired) electrons. The summed E-state index contributed by atoms with van der Waals surface area (Å²) >= 11 is 0. The molecule has 3 aromatic rings. The molecular weight excluding hydrogens is 344 g/mol. The van der Waals surface area contributed by atoms with E-state index < -0.39 is 21.4 Å². The molecule has 0 aliphatic heterocycles. The Balaban J connectivity index is 1.78. The summed E-state index contributed by atoms with van der Waals surface area (Å²) in [4.78, 5) is 23.4. The lowest BCUT2D eigenvalue weighted by Crippen LogP contribution is -2.09. The van der Waals surface area contributed by atoms with Crippen molar-refractivity contribution in [2.75, 3.05) is 6.26 Å². The van der Waals surface area contributed by atoms with Crippen LogP contribution >= 0.6 is 0 Å². The lowest BCUT2D eigenvalue weighted by Gasteiger charge is -2.06. The Kier molecular flexibility index (Phi) is 4.41. The number of carbonyl (C=O) groups excluding carboxylic acids is 1. The number of hydrogen-bond donors (Lipinski definition) is 0. The van der Waals surface area contributed by atoms with Crippen LogP contribution in [0.2, 0.25) is 0 Å². The first-order valence-corrected chi connectivity index (χ1v) is 9.39. The summed E-state index contributed by atoms with van der Waals surface area (Å²) in [5.74, 6) is -0.443. The Morgan fingerprint density at radius 2 is 1.72 bits per heavy atom. The smallest absolute Gasteiger partial charge is 0.343 e. The number of hydrogen-bond acceptors (Lipinski definition) is 6. The number of sulfone groups is 1. The first-order chi connectivity index (χ1) is 11.8. The second-order valence-corrected chi connectivity index (χ2v) is 7.75. The second kappa shape index (κ2) is 6.52. The zero-order valence-electron chi connectivity index (χ0n) is 13.3. The van der Waals surface area contributed by atoms with E-state index in [0.717, 1.165) is 6.26 Å². The van der Waals surface area contributed by atoms with Gasteiger partial charge in [-0.15, -0.1) is 0 Å². The molecule has 0 aliphatic carbocycles. The summed E-state index contributed by atoms with van der Waals surface area (Å²) in [5.41, 5.74) is 0.706. The van der Waals surface area contributed by atoms with Crippen molar-refractivity contribution in [1.82, 2.24) is 0 Å². The van der Waals surface area contributed by atoms with Crippen molar-refractivity contribution in [3.8, 4) is 5.75 Å². The Morgan fingerprint density at radius 1 is 1.04 bits per heavy atom. The maximum atomic E-state index is 12.2. The van der Waals surface area contributed by atoms with Gasteiger partial charge in [0.2, 0.25) is 0 Å². The third kappa shape index (κ3) is 4.33. The lowest BCUT2D eigenvalue weighted by molar-refractivity contribution is 0.0735. The Bertz CT molecular complexity index is 1090. The average molecular weight is 358 g/mol. The van der Waals surface area contributed by atoms with Gasteiger partial charge in [-0.25, -0.2) is 18.0 Å². The number of fused-ring (bicyclic) bond motifs is 1. The van der Waals surface area contributed by atoms with Gasteiger partial charge in [0.25, 0.3) is 0 Å². The number of ether oxygens (including phenoxy) is 1. The van der Waals surface area contributed by atoms with Crippen LogP contribution in [0.5, 0.6) is 5.75 Å². The monoisotopic (exact) mass is 358 g/mol. The van der Waals surface area contributed by atoms with Gasteiger partial charge in [0.1, 0.15) is 11.3 Å². The molecule has 7 heteroatoms. The molecule has 0 unspecified atom stereocenters. The summed E-state index contributed by atoms with van der Waals surface area (Å²) in [7, 11) is -3.14. The molecule has 0 N–H and O–H groups in total. The van der Waals surface area contributed by atoms with Gasteiger partial charge in [-0.2, -0.15) is 0 Å². The molecule has 0 saturated heterocycles. The predicted octanol–water partition coefficient (Wildman–Crippen LogP) is 2.56. The highest BCUT2D eigenvalue weighted by Crippen LogP contribution is 2.20. The van der Waals surface area contributed by atoms with Crippen LogP contribution in [-0.4, -0.2) is 20.6 Å². The normalized spacial score (nSPS) is 11.4. The van der Waals surface area contributed by atoms with Crippen molar-refractivity contribution in [2.45, 2.75) is 5.75 Å². The van der Waals surface area contributed by atoms with Crippen molar-refractivity contribution < 1.29 is 22.4 Å². The minimum Gasteiger partial charge on any atom is -0.423 e. The standard InChI is InChI=1S/C18H14O6S/c1-25(21,22)11-12-2-4-14(5-3-12)18(20)23-15-8-6-13-7-9-17(19)24-16(13)10-15/h2-10H,11H2,1H3. The van der Waals surface area contributed by atoms with Gasteiger partial charge in [-0.3, -0.25) is 0 Å². The highest BCUT2D eigenvalue weighted by molar-refractivity contribution is 7.89. The van der Waals surface area contributed by atoms with E-state index in [-0.39, 0.29) is 17.1 Å². The number of benzene rings is 2. The minimum absolute atomic E-state index is 0.0912. The van der Waals surface area contributed by atoms with E-state index in [1.54, 1.807) is 30.3 Å². The van der Waals surface area contributed by atoms with Gasteiger partial charge in [-0.1, -0.05) is 12.1 Å². The minimum atomic E-state index is -3.14. The summed E-state index contributed by atoms with van der Waals surface area (Å²) in [6.07, 6.45) is 1.15. The van der Waals surface area contributed by atoms with Gasteiger partial charge in [-0.05, 0) is 35.9 Å². The van der Waals surface area contributed by atoms with Gasteiger partial charge in [0.05, 0.1) is 11.3 Å². The average Bonchev–Trinajstić information content (AvgIpc) is 2.53.